The van der Waals surface area contributed by atoms with Gasteiger partial charge >= 0.3 is 0 Å². The molecule has 0 aliphatic carbocycles. The first-order valence-electron chi connectivity index (χ1n) is 7.92. The molecule has 1 heterocycles. The van der Waals surface area contributed by atoms with Crippen molar-refractivity contribution in [2.45, 2.75) is 33.3 Å². The molecule has 0 bridgehead atoms. The standard InChI is InChI=1S/C16H29N3O2S/c1-4-17-16(18-8-7-15-6-5-9-22-15)19-10-14(20)12-21-11-13(2)3/h5-6,9,13-14,20H,4,7-8,10-12H2,1-3H3,(H2,17,18,19). The first kappa shape index (κ1) is 18.9. The number of hydrogen-bond acceptors (Lipinski definition) is 4. The van der Waals surface area contributed by atoms with E-state index in [1.165, 1.54) is 4.88 Å². The fraction of sp³-hybridized carbons (Fsp3) is 0.688. The smallest absolute Gasteiger partial charge is 0.191 e. The maximum atomic E-state index is 9.87. The van der Waals surface area contributed by atoms with Crippen LogP contribution in [0.1, 0.15) is 25.6 Å². The van der Waals surface area contributed by atoms with E-state index < -0.39 is 6.10 Å². The lowest BCUT2D eigenvalue weighted by Gasteiger charge is -2.13. The van der Waals surface area contributed by atoms with Gasteiger partial charge in [0.15, 0.2) is 5.96 Å². The molecule has 0 aliphatic rings. The lowest BCUT2D eigenvalue weighted by molar-refractivity contribution is 0.0301. The lowest BCUT2D eigenvalue weighted by Crippen LogP contribution is -2.39. The molecule has 0 aliphatic heterocycles. The molecule has 1 rings (SSSR count). The molecule has 0 amide bonds. The summed E-state index contributed by atoms with van der Waals surface area (Å²) >= 11 is 1.76. The van der Waals surface area contributed by atoms with Crippen molar-refractivity contribution in [2.24, 2.45) is 10.9 Å². The number of hydrogen-bond donors (Lipinski definition) is 3. The minimum atomic E-state index is -0.563. The van der Waals surface area contributed by atoms with Gasteiger partial charge in [0, 0.05) is 24.6 Å². The molecule has 0 spiro atoms. The number of rotatable bonds is 10. The summed E-state index contributed by atoms with van der Waals surface area (Å²) in [4.78, 5) is 5.75. The Labute approximate surface area is 137 Å². The van der Waals surface area contributed by atoms with E-state index in [2.05, 4.69) is 47.0 Å². The highest BCUT2D eigenvalue weighted by atomic mass is 32.1. The number of aliphatic hydroxyl groups is 1. The number of thiophene rings is 1. The van der Waals surface area contributed by atoms with Gasteiger partial charge in [0.1, 0.15) is 0 Å². The number of nitrogens with one attached hydrogen (secondary N) is 2. The fourth-order valence-electron chi connectivity index (χ4n) is 1.79. The van der Waals surface area contributed by atoms with Gasteiger partial charge in [-0.1, -0.05) is 19.9 Å². The zero-order valence-electron chi connectivity index (χ0n) is 13.8. The van der Waals surface area contributed by atoms with Crippen molar-refractivity contribution in [1.29, 1.82) is 0 Å². The molecular weight excluding hydrogens is 298 g/mol. The molecule has 5 nitrogen and oxygen atoms in total. The number of aliphatic imine (C=N–C) groups is 1. The molecule has 126 valence electrons. The minimum Gasteiger partial charge on any atom is -0.389 e. The highest BCUT2D eigenvalue weighted by molar-refractivity contribution is 7.09. The molecule has 1 aromatic heterocycles. The second-order valence-corrected chi connectivity index (χ2v) is 6.59. The summed E-state index contributed by atoms with van der Waals surface area (Å²) in [5.74, 6) is 1.22. The maximum Gasteiger partial charge on any atom is 0.191 e. The fourth-order valence-corrected chi connectivity index (χ4v) is 2.50. The third-order valence-corrected chi connectivity index (χ3v) is 3.75. The third kappa shape index (κ3) is 9.02. The number of nitrogens with zero attached hydrogens (tertiary/aromatic N) is 1. The van der Waals surface area contributed by atoms with E-state index in [9.17, 15) is 5.11 Å². The van der Waals surface area contributed by atoms with Crippen LogP contribution in [0.25, 0.3) is 0 Å². The van der Waals surface area contributed by atoms with Crippen LogP contribution in [-0.2, 0) is 11.2 Å². The van der Waals surface area contributed by atoms with Gasteiger partial charge in [-0.25, -0.2) is 0 Å². The molecule has 3 N–H and O–H groups in total. The van der Waals surface area contributed by atoms with Crippen LogP contribution in [0, 0.1) is 5.92 Å². The van der Waals surface area contributed by atoms with Crippen molar-refractivity contribution in [3.8, 4) is 0 Å². The van der Waals surface area contributed by atoms with Crippen LogP contribution in [0.4, 0.5) is 0 Å². The monoisotopic (exact) mass is 327 g/mol. The van der Waals surface area contributed by atoms with E-state index in [-0.39, 0.29) is 0 Å². The molecule has 22 heavy (non-hydrogen) atoms. The van der Waals surface area contributed by atoms with Gasteiger partial charge in [0.2, 0.25) is 0 Å². The van der Waals surface area contributed by atoms with Crippen LogP contribution in [0.5, 0.6) is 0 Å². The number of guanidine groups is 1. The second kappa shape index (κ2) is 11.5. The largest absolute Gasteiger partial charge is 0.389 e. The summed E-state index contributed by atoms with van der Waals surface area (Å²) < 4.78 is 5.42. The quantitative estimate of drug-likeness (QED) is 0.453. The van der Waals surface area contributed by atoms with Crippen molar-refractivity contribution < 1.29 is 9.84 Å². The van der Waals surface area contributed by atoms with Gasteiger partial charge in [-0.2, -0.15) is 0 Å². The van der Waals surface area contributed by atoms with Crippen LogP contribution in [0.15, 0.2) is 22.5 Å². The Hall–Kier alpha value is -1.11. The molecule has 1 atom stereocenters. The third-order valence-electron chi connectivity index (χ3n) is 2.81. The SMILES string of the molecule is CCNC(=NCC(O)COCC(C)C)NCCc1cccs1. The van der Waals surface area contributed by atoms with E-state index in [4.69, 9.17) is 4.74 Å². The van der Waals surface area contributed by atoms with Crippen molar-refractivity contribution in [3.05, 3.63) is 22.4 Å². The van der Waals surface area contributed by atoms with Crippen molar-refractivity contribution >= 4 is 17.3 Å². The van der Waals surface area contributed by atoms with E-state index in [1.54, 1.807) is 11.3 Å². The summed E-state index contributed by atoms with van der Waals surface area (Å²) in [6.45, 7) is 9.16. The van der Waals surface area contributed by atoms with Crippen LogP contribution in [-0.4, -0.2) is 50.0 Å². The number of aliphatic hydroxyl groups excluding tert-OH is 1. The summed E-state index contributed by atoms with van der Waals surface area (Å²) in [5, 5.41) is 18.4. The van der Waals surface area contributed by atoms with Gasteiger partial charge in [-0.3, -0.25) is 4.99 Å². The first-order chi connectivity index (χ1) is 10.6. The second-order valence-electron chi connectivity index (χ2n) is 5.56. The maximum absolute atomic E-state index is 9.87. The summed E-state index contributed by atoms with van der Waals surface area (Å²) in [6, 6.07) is 4.19. The van der Waals surface area contributed by atoms with Gasteiger partial charge in [0.05, 0.1) is 19.3 Å². The Balaban J connectivity index is 2.27. The molecule has 0 aromatic carbocycles. The number of ether oxygens (including phenoxy) is 1. The van der Waals surface area contributed by atoms with E-state index in [1.807, 2.05) is 6.92 Å². The zero-order valence-corrected chi connectivity index (χ0v) is 14.7. The molecule has 6 heteroatoms. The van der Waals surface area contributed by atoms with Crippen LogP contribution in [0.2, 0.25) is 0 Å². The molecule has 1 unspecified atom stereocenters. The minimum absolute atomic E-state index is 0.330. The average Bonchev–Trinajstić information content (AvgIpc) is 2.97. The molecular formula is C16H29N3O2S. The molecule has 0 radical (unpaired) electrons. The van der Waals surface area contributed by atoms with Crippen LogP contribution in [0.3, 0.4) is 0 Å². The van der Waals surface area contributed by atoms with Crippen molar-refractivity contribution in [1.82, 2.24) is 10.6 Å². The average molecular weight is 327 g/mol. The Kier molecular flexibility index (Phi) is 9.86. The predicted molar refractivity (Wildman–Crippen MR) is 93.7 cm³/mol. The van der Waals surface area contributed by atoms with E-state index in [0.717, 1.165) is 25.5 Å². The van der Waals surface area contributed by atoms with Gasteiger partial charge in [0.25, 0.3) is 0 Å². The highest BCUT2D eigenvalue weighted by Gasteiger charge is 2.05. The predicted octanol–water partition coefficient (Wildman–Crippen LogP) is 1.88. The normalized spacial score (nSPS) is 13.4. The van der Waals surface area contributed by atoms with Crippen LogP contribution < -0.4 is 10.6 Å². The molecule has 0 saturated heterocycles. The van der Waals surface area contributed by atoms with E-state index >= 15 is 0 Å². The highest BCUT2D eigenvalue weighted by Crippen LogP contribution is 2.07. The first-order valence-corrected chi connectivity index (χ1v) is 8.80. The van der Waals surface area contributed by atoms with Crippen LogP contribution >= 0.6 is 11.3 Å². The summed E-state index contributed by atoms with van der Waals surface area (Å²) in [5.41, 5.74) is 0. The summed E-state index contributed by atoms with van der Waals surface area (Å²) in [6.07, 6.45) is 0.411. The topological polar surface area (TPSA) is 65.9 Å². The van der Waals surface area contributed by atoms with E-state index in [0.29, 0.717) is 25.7 Å². The Morgan fingerprint density at radius 2 is 2.18 bits per heavy atom. The van der Waals surface area contributed by atoms with Crippen molar-refractivity contribution in [2.75, 3.05) is 32.8 Å². The Bertz CT molecular complexity index is 408. The molecule has 0 saturated carbocycles. The van der Waals surface area contributed by atoms with Gasteiger partial charge in [-0.05, 0) is 30.7 Å². The zero-order chi connectivity index (χ0) is 16.2. The van der Waals surface area contributed by atoms with Gasteiger partial charge in [-0.15, -0.1) is 11.3 Å². The molecule has 1 aromatic rings. The Morgan fingerprint density at radius 1 is 1.36 bits per heavy atom. The lowest BCUT2D eigenvalue weighted by atomic mass is 10.2. The van der Waals surface area contributed by atoms with Crippen molar-refractivity contribution in [3.63, 3.8) is 0 Å². The molecule has 0 fully saturated rings. The Morgan fingerprint density at radius 3 is 2.82 bits per heavy atom. The van der Waals surface area contributed by atoms with Gasteiger partial charge < -0.3 is 20.5 Å². The summed E-state index contributed by atoms with van der Waals surface area (Å²) in [7, 11) is 0.